The van der Waals surface area contributed by atoms with Crippen LogP contribution in [-0.2, 0) is 4.79 Å². The van der Waals surface area contributed by atoms with Crippen LogP contribution in [0.4, 0.5) is 0 Å². The maximum absolute atomic E-state index is 12.1. The third kappa shape index (κ3) is 5.12. The number of rotatable bonds is 6. The molecule has 30 heavy (non-hydrogen) atoms. The highest BCUT2D eigenvalue weighted by molar-refractivity contribution is 6.32. The molecular weight excluding hydrogens is 408 g/mol. The molecule has 8 nitrogen and oxygen atoms in total. The molecule has 0 aliphatic rings. The van der Waals surface area contributed by atoms with Crippen LogP contribution in [0.1, 0.15) is 20.8 Å². The predicted molar refractivity (Wildman–Crippen MR) is 111 cm³/mol. The van der Waals surface area contributed by atoms with Crippen molar-refractivity contribution in [3.05, 3.63) is 83.1 Å². The van der Waals surface area contributed by atoms with Crippen LogP contribution in [0.25, 0.3) is 11.1 Å². The third-order valence-corrected chi connectivity index (χ3v) is 4.28. The molecule has 0 aliphatic carbocycles. The molecule has 152 valence electrons. The van der Waals surface area contributed by atoms with Gasteiger partial charge in [0.05, 0.1) is 5.56 Å². The highest BCUT2D eigenvalue weighted by atomic mass is 35.5. The van der Waals surface area contributed by atoms with E-state index in [9.17, 15) is 14.4 Å². The molecule has 0 unspecified atom stereocenters. The lowest BCUT2D eigenvalue weighted by molar-refractivity contribution is -0.123. The van der Waals surface area contributed by atoms with Gasteiger partial charge in [0, 0.05) is 5.56 Å². The molecular formula is C21H17ClN4O4. The molecule has 3 amide bonds. The number of carbonyl (C=O) groups is 3. The van der Waals surface area contributed by atoms with Gasteiger partial charge in [0.15, 0.2) is 6.61 Å². The van der Waals surface area contributed by atoms with Crippen LogP contribution in [0, 0.1) is 0 Å². The van der Waals surface area contributed by atoms with Gasteiger partial charge in [0.25, 0.3) is 17.7 Å². The molecule has 1 aromatic heterocycles. The zero-order valence-electron chi connectivity index (χ0n) is 15.6. The van der Waals surface area contributed by atoms with E-state index in [0.717, 1.165) is 11.1 Å². The van der Waals surface area contributed by atoms with Gasteiger partial charge in [-0.15, -0.1) is 0 Å². The van der Waals surface area contributed by atoms with Crippen LogP contribution in [0.3, 0.4) is 0 Å². The third-order valence-electron chi connectivity index (χ3n) is 3.99. The average molecular weight is 425 g/mol. The summed E-state index contributed by atoms with van der Waals surface area (Å²) in [5.41, 5.74) is 11.2. The number of nitrogens with two attached hydrogens (primary N) is 1. The summed E-state index contributed by atoms with van der Waals surface area (Å²) >= 11 is 5.81. The Morgan fingerprint density at radius 1 is 0.933 bits per heavy atom. The monoisotopic (exact) mass is 424 g/mol. The summed E-state index contributed by atoms with van der Waals surface area (Å²) in [6, 6.07) is 19.4. The highest BCUT2D eigenvalue weighted by Crippen LogP contribution is 2.29. The maximum atomic E-state index is 12.1. The van der Waals surface area contributed by atoms with Gasteiger partial charge in [0.2, 0.25) is 0 Å². The first-order valence-corrected chi connectivity index (χ1v) is 9.16. The number of nitrogens with zero attached hydrogens (tertiary/aromatic N) is 1. The van der Waals surface area contributed by atoms with Crippen LogP contribution in [0.2, 0.25) is 5.15 Å². The summed E-state index contributed by atoms with van der Waals surface area (Å²) in [6.45, 7) is -0.321. The fourth-order valence-corrected chi connectivity index (χ4v) is 2.81. The van der Waals surface area contributed by atoms with Gasteiger partial charge >= 0.3 is 0 Å². The number of aromatic nitrogens is 1. The lowest BCUT2D eigenvalue weighted by Gasteiger charge is -2.12. The lowest BCUT2D eigenvalue weighted by atomic mass is 10.1. The van der Waals surface area contributed by atoms with Crippen molar-refractivity contribution in [2.45, 2.75) is 0 Å². The van der Waals surface area contributed by atoms with Gasteiger partial charge in [0.1, 0.15) is 16.6 Å². The summed E-state index contributed by atoms with van der Waals surface area (Å²) in [5.74, 6) is -1.53. The Hall–Kier alpha value is -3.91. The first-order valence-electron chi connectivity index (χ1n) is 8.78. The number of hydrogen-bond donors (Lipinski definition) is 3. The van der Waals surface area contributed by atoms with E-state index in [2.05, 4.69) is 15.8 Å². The van der Waals surface area contributed by atoms with Crippen LogP contribution < -0.4 is 21.3 Å². The second kappa shape index (κ2) is 9.53. The van der Waals surface area contributed by atoms with Crippen molar-refractivity contribution < 1.29 is 19.1 Å². The lowest BCUT2D eigenvalue weighted by Crippen LogP contribution is -2.44. The van der Waals surface area contributed by atoms with Gasteiger partial charge in [-0.1, -0.05) is 60.1 Å². The summed E-state index contributed by atoms with van der Waals surface area (Å²) < 4.78 is 5.60. The number of carbonyl (C=O) groups excluding carboxylic acids is 3. The minimum absolute atomic E-state index is 0.0114. The fraction of sp³-hybridized carbons (Fsp3) is 0.0476. The fourth-order valence-electron chi connectivity index (χ4n) is 2.56. The highest BCUT2D eigenvalue weighted by Gasteiger charge is 2.14. The number of amides is 3. The van der Waals surface area contributed by atoms with E-state index in [1.165, 1.54) is 12.1 Å². The number of pyridine rings is 1. The average Bonchev–Trinajstić information content (AvgIpc) is 2.76. The number of para-hydroxylation sites is 1. The number of primary amides is 1. The molecule has 3 rings (SSSR count). The second-order valence-electron chi connectivity index (χ2n) is 6.05. The van der Waals surface area contributed by atoms with E-state index in [0.29, 0.717) is 5.75 Å². The van der Waals surface area contributed by atoms with Crippen LogP contribution >= 0.6 is 11.6 Å². The molecule has 0 spiro atoms. The maximum Gasteiger partial charge on any atom is 0.288 e. The zero-order chi connectivity index (χ0) is 21.5. The van der Waals surface area contributed by atoms with Crippen LogP contribution in [-0.4, -0.2) is 29.3 Å². The van der Waals surface area contributed by atoms with E-state index >= 15 is 0 Å². The topological polar surface area (TPSA) is 123 Å². The second-order valence-corrected chi connectivity index (χ2v) is 6.41. The number of benzene rings is 2. The van der Waals surface area contributed by atoms with Crippen molar-refractivity contribution in [3.8, 4) is 16.9 Å². The normalized spacial score (nSPS) is 10.2. The molecule has 0 bridgehead atoms. The number of hydrazine groups is 1. The molecule has 0 saturated carbocycles. The van der Waals surface area contributed by atoms with Crippen molar-refractivity contribution in [2.75, 3.05) is 6.61 Å². The van der Waals surface area contributed by atoms with Crippen molar-refractivity contribution in [1.29, 1.82) is 0 Å². The standard InChI is InChI=1S/C21H17ClN4O4/c22-19-15(20(23)28)10-11-16(24-19)21(29)26-25-18(27)12-30-17-9-5-4-8-14(17)13-6-2-1-3-7-13/h1-11H,12H2,(H2,23,28)(H,25,27)(H,26,29). The smallest absolute Gasteiger partial charge is 0.288 e. The number of nitrogens with one attached hydrogen (secondary N) is 2. The summed E-state index contributed by atoms with van der Waals surface area (Å²) in [6.07, 6.45) is 0. The Labute approximate surface area is 177 Å². The SMILES string of the molecule is NC(=O)c1ccc(C(=O)NNC(=O)COc2ccccc2-c2ccccc2)nc1Cl. The van der Waals surface area contributed by atoms with Crippen molar-refractivity contribution in [2.24, 2.45) is 5.73 Å². The summed E-state index contributed by atoms with van der Waals surface area (Å²) in [7, 11) is 0. The van der Waals surface area contributed by atoms with E-state index in [1.807, 2.05) is 42.5 Å². The first-order chi connectivity index (χ1) is 14.5. The first kappa shape index (κ1) is 20.8. The van der Waals surface area contributed by atoms with Crippen molar-refractivity contribution >= 4 is 29.3 Å². The number of halogens is 1. The molecule has 9 heteroatoms. The van der Waals surface area contributed by atoms with E-state index in [1.54, 1.807) is 12.1 Å². The van der Waals surface area contributed by atoms with Crippen molar-refractivity contribution in [3.63, 3.8) is 0 Å². The van der Waals surface area contributed by atoms with Gasteiger partial charge in [-0.05, 0) is 23.8 Å². The molecule has 1 heterocycles. The molecule has 0 atom stereocenters. The Balaban J connectivity index is 1.57. The molecule has 2 aromatic carbocycles. The van der Waals surface area contributed by atoms with Crippen LogP contribution in [0.5, 0.6) is 5.75 Å². The summed E-state index contributed by atoms with van der Waals surface area (Å²) in [5, 5.41) is -0.206. The molecule has 0 fully saturated rings. The Bertz CT molecular complexity index is 1090. The number of hydrogen-bond acceptors (Lipinski definition) is 5. The largest absolute Gasteiger partial charge is 0.483 e. The quantitative estimate of drug-likeness (QED) is 0.414. The van der Waals surface area contributed by atoms with Gasteiger partial charge in [-0.3, -0.25) is 25.2 Å². The van der Waals surface area contributed by atoms with Crippen LogP contribution in [0.15, 0.2) is 66.7 Å². The molecule has 4 N–H and O–H groups in total. The molecule has 3 aromatic rings. The minimum atomic E-state index is -0.763. The number of ether oxygens (including phenoxy) is 1. The zero-order valence-corrected chi connectivity index (χ0v) is 16.3. The molecule has 0 radical (unpaired) electrons. The Morgan fingerprint density at radius 2 is 1.63 bits per heavy atom. The Kier molecular flexibility index (Phi) is 6.61. The molecule has 0 aliphatic heterocycles. The van der Waals surface area contributed by atoms with E-state index < -0.39 is 17.7 Å². The van der Waals surface area contributed by atoms with Gasteiger partial charge < -0.3 is 10.5 Å². The van der Waals surface area contributed by atoms with E-state index in [4.69, 9.17) is 22.1 Å². The van der Waals surface area contributed by atoms with E-state index in [-0.39, 0.29) is 23.0 Å². The molecule has 0 saturated heterocycles. The summed E-state index contributed by atoms with van der Waals surface area (Å²) in [4.78, 5) is 39.1. The van der Waals surface area contributed by atoms with Gasteiger partial charge in [-0.2, -0.15) is 0 Å². The Morgan fingerprint density at radius 3 is 2.33 bits per heavy atom. The predicted octanol–water partition coefficient (Wildman–Crippen LogP) is 2.34. The van der Waals surface area contributed by atoms with Crippen molar-refractivity contribution in [1.82, 2.24) is 15.8 Å². The minimum Gasteiger partial charge on any atom is -0.483 e. The van der Waals surface area contributed by atoms with Gasteiger partial charge in [-0.25, -0.2) is 4.98 Å².